The van der Waals surface area contributed by atoms with Crippen molar-refractivity contribution in [1.29, 1.82) is 5.26 Å². The van der Waals surface area contributed by atoms with E-state index in [4.69, 9.17) is 4.74 Å². The number of carbonyl (C=O) groups excluding carboxylic acids is 3. The number of ether oxygens (including phenoxy) is 1. The number of rotatable bonds is 11. The molecule has 0 radical (unpaired) electrons. The lowest BCUT2D eigenvalue weighted by Crippen LogP contribution is -2.52. The van der Waals surface area contributed by atoms with Crippen molar-refractivity contribution >= 4 is 52.2 Å². The predicted octanol–water partition coefficient (Wildman–Crippen LogP) is 6.16. The zero-order chi connectivity index (χ0) is 30.0. The summed E-state index contributed by atoms with van der Waals surface area (Å²) in [7, 11) is 0. The Morgan fingerprint density at radius 2 is 1.80 bits per heavy atom. The lowest BCUT2D eigenvalue weighted by Gasteiger charge is -2.33. The van der Waals surface area contributed by atoms with Crippen LogP contribution in [0.15, 0.2) is 73.3 Å². The summed E-state index contributed by atoms with van der Waals surface area (Å²) < 4.78 is 5.39. The highest BCUT2D eigenvalue weighted by Crippen LogP contribution is 2.27. The molecule has 8 nitrogen and oxygen atoms in total. The van der Waals surface area contributed by atoms with Gasteiger partial charge >= 0.3 is 6.09 Å². The van der Waals surface area contributed by atoms with E-state index in [1.165, 1.54) is 16.7 Å². The van der Waals surface area contributed by atoms with Gasteiger partial charge in [-0.15, -0.1) is 0 Å². The SMILES string of the molecule is C=Cc1cccc(C(C(=O)Nc2ccc3ccccc3c2)N(CC#N)C(=O)C(CCSC)NC(=O)OC(C)(C)C)c1. The van der Waals surface area contributed by atoms with Crippen LogP contribution >= 0.6 is 11.8 Å². The van der Waals surface area contributed by atoms with Crippen LogP contribution in [0.3, 0.4) is 0 Å². The molecule has 2 unspecified atom stereocenters. The van der Waals surface area contributed by atoms with Crippen molar-refractivity contribution in [2.45, 2.75) is 44.9 Å². The first-order chi connectivity index (χ1) is 19.6. The quantitative estimate of drug-likeness (QED) is 0.266. The number of fused-ring (bicyclic) bond motifs is 1. The van der Waals surface area contributed by atoms with E-state index in [0.29, 0.717) is 17.0 Å². The van der Waals surface area contributed by atoms with Gasteiger partial charge < -0.3 is 20.3 Å². The Balaban J connectivity index is 2.02. The van der Waals surface area contributed by atoms with E-state index < -0.39 is 35.6 Å². The first-order valence-electron chi connectivity index (χ1n) is 13.2. The number of benzene rings is 3. The summed E-state index contributed by atoms with van der Waals surface area (Å²) in [5.41, 5.74) is 1.04. The number of nitriles is 1. The Kier molecular flexibility index (Phi) is 11.0. The van der Waals surface area contributed by atoms with Crippen molar-refractivity contribution < 1.29 is 19.1 Å². The van der Waals surface area contributed by atoms with Crippen molar-refractivity contribution in [2.24, 2.45) is 0 Å². The molecule has 0 spiro atoms. The monoisotopic (exact) mass is 572 g/mol. The molecule has 2 N–H and O–H groups in total. The molecular weight excluding hydrogens is 536 g/mol. The number of carbonyl (C=O) groups is 3. The highest BCUT2D eigenvalue weighted by atomic mass is 32.2. The van der Waals surface area contributed by atoms with E-state index in [0.717, 1.165) is 16.3 Å². The Morgan fingerprint density at radius 3 is 2.46 bits per heavy atom. The van der Waals surface area contributed by atoms with Crippen LogP contribution in [0.1, 0.15) is 44.4 Å². The number of hydrogen-bond acceptors (Lipinski definition) is 6. The van der Waals surface area contributed by atoms with Gasteiger partial charge in [-0.1, -0.05) is 61.2 Å². The Hall–Kier alpha value is -4.29. The topological polar surface area (TPSA) is 112 Å². The fraction of sp³-hybridized carbons (Fsp3) is 0.312. The Morgan fingerprint density at radius 1 is 1.07 bits per heavy atom. The number of hydrogen-bond donors (Lipinski definition) is 2. The molecule has 0 heterocycles. The van der Waals surface area contributed by atoms with Crippen molar-refractivity contribution in [3.05, 3.63) is 84.4 Å². The maximum absolute atomic E-state index is 14.0. The molecule has 0 aromatic heterocycles. The third kappa shape index (κ3) is 8.85. The van der Waals surface area contributed by atoms with Gasteiger partial charge in [-0.3, -0.25) is 9.59 Å². The zero-order valence-electron chi connectivity index (χ0n) is 23.8. The highest BCUT2D eigenvalue weighted by Gasteiger charge is 2.36. The summed E-state index contributed by atoms with van der Waals surface area (Å²) in [4.78, 5) is 41.9. The second-order valence-corrected chi connectivity index (χ2v) is 11.4. The number of nitrogens with one attached hydrogen (secondary N) is 2. The van der Waals surface area contributed by atoms with Crippen molar-refractivity contribution in [3.63, 3.8) is 0 Å². The van der Waals surface area contributed by atoms with Crippen molar-refractivity contribution in [2.75, 3.05) is 23.9 Å². The largest absolute Gasteiger partial charge is 0.444 e. The third-order valence-electron chi connectivity index (χ3n) is 6.16. The molecular formula is C32H36N4O4S. The number of alkyl carbamates (subject to hydrolysis) is 1. The molecule has 3 rings (SSSR count). The smallest absolute Gasteiger partial charge is 0.408 e. The van der Waals surface area contributed by atoms with Crippen LogP contribution < -0.4 is 10.6 Å². The van der Waals surface area contributed by atoms with Gasteiger partial charge in [0.05, 0.1) is 6.07 Å². The van der Waals surface area contributed by atoms with Gasteiger partial charge in [-0.25, -0.2) is 4.79 Å². The number of anilines is 1. The maximum Gasteiger partial charge on any atom is 0.408 e. The van der Waals surface area contributed by atoms with Gasteiger partial charge in [0, 0.05) is 5.69 Å². The second kappa shape index (κ2) is 14.4. The summed E-state index contributed by atoms with van der Waals surface area (Å²) in [6.45, 7) is 8.63. The minimum Gasteiger partial charge on any atom is -0.444 e. The van der Waals surface area contributed by atoms with Gasteiger partial charge in [0.15, 0.2) is 0 Å². The van der Waals surface area contributed by atoms with E-state index in [9.17, 15) is 19.6 Å². The van der Waals surface area contributed by atoms with E-state index >= 15 is 0 Å². The van der Waals surface area contributed by atoms with Crippen molar-refractivity contribution in [1.82, 2.24) is 10.2 Å². The molecule has 3 aromatic carbocycles. The summed E-state index contributed by atoms with van der Waals surface area (Å²) in [6, 6.07) is 20.3. The minimum atomic E-state index is -1.16. The van der Waals surface area contributed by atoms with Crippen LogP contribution in [0.5, 0.6) is 0 Å². The van der Waals surface area contributed by atoms with Crippen LogP contribution in [0.25, 0.3) is 16.8 Å². The fourth-order valence-electron chi connectivity index (χ4n) is 4.32. The average Bonchev–Trinajstić information content (AvgIpc) is 2.93. The molecule has 0 aliphatic carbocycles. The standard InChI is InChI=1S/C32H36N4O4S/c1-6-22-10-9-13-25(20-22)28(29(37)34-26-15-14-23-11-7-8-12-24(23)21-26)36(18-17-33)30(38)27(16-19-41-5)35-31(39)40-32(2,3)4/h6-15,20-21,27-28H,1,16,18-19H2,2-5H3,(H,34,37)(H,35,39). The predicted molar refractivity (Wildman–Crippen MR) is 165 cm³/mol. The lowest BCUT2D eigenvalue weighted by molar-refractivity contribution is -0.140. The van der Waals surface area contributed by atoms with Gasteiger partial charge in [0.25, 0.3) is 5.91 Å². The van der Waals surface area contributed by atoms with Crippen LogP contribution in [-0.4, -0.2) is 53.0 Å². The van der Waals surface area contributed by atoms with E-state index in [2.05, 4.69) is 17.2 Å². The highest BCUT2D eigenvalue weighted by molar-refractivity contribution is 7.98. The van der Waals surface area contributed by atoms with Crippen LogP contribution in [-0.2, 0) is 14.3 Å². The number of amides is 3. The molecule has 0 saturated carbocycles. The number of nitrogens with zero attached hydrogens (tertiary/aromatic N) is 2. The van der Waals surface area contributed by atoms with Gasteiger partial charge in [0.2, 0.25) is 5.91 Å². The molecule has 0 bridgehead atoms. The molecule has 0 aliphatic heterocycles. The zero-order valence-corrected chi connectivity index (χ0v) is 24.7. The molecule has 0 saturated heterocycles. The summed E-state index contributed by atoms with van der Waals surface area (Å²) in [6.07, 6.45) is 3.07. The molecule has 0 aliphatic rings. The molecule has 214 valence electrons. The van der Waals surface area contributed by atoms with Gasteiger partial charge in [-0.05, 0) is 79.3 Å². The number of thioether (sulfide) groups is 1. The van der Waals surface area contributed by atoms with Crippen LogP contribution in [0, 0.1) is 11.3 Å². The Bertz CT molecular complexity index is 1440. The lowest BCUT2D eigenvalue weighted by atomic mass is 10.00. The fourth-order valence-corrected chi connectivity index (χ4v) is 4.79. The average molecular weight is 573 g/mol. The molecule has 9 heteroatoms. The summed E-state index contributed by atoms with van der Waals surface area (Å²) in [5.74, 6) is -0.493. The third-order valence-corrected chi connectivity index (χ3v) is 6.81. The molecule has 2 atom stereocenters. The first kappa shape index (κ1) is 31.2. The molecule has 41 heavy (non-hydrogen) atoms. The van der Waals surface area contributed by atoms with Gasteiger partial charge in [0.1, 0.15) is 24.2 Å². The normalized spacial score (nSPS) is 12.5. The first-order valence-corrected chi connectivity index (χ1v) is 14.6. The molecule has 3 amide bonds. The maximum atomic E-state index is 14.0. The Labute approximate surface area is 245 Å². The minimum absolute atomic E-state index is 0.285. The summed E-state index contributed by atoms with van der Waals surface area (Å²) >= 11 is 1.51. The van der Waals surface area contributed by atoms with E-state index in [-0.39, 0.29) is 13.0 Å². The van der Waals surface area contributed by atoms with Crippen LogP contribution in [0.4, 0.5) is 10.5 Å². The van der Waals surface area contributed by atoms with Crippen LogP contribution in [0.2, 0.25) is 0 Å². The second-order valence-electron chi connectivity index (χ2n) is 10.4. The van der Waals surface area contributed by atoms with Gasteiger partial charge in [-0.2, -0.15) is 17.0 Å². The molecule has 3 aromatic rings. The molecule has 0 fully saturated rings. The van der Waals surface area contributed by atoms with E-state index in [1.54, 1.807) is 51.1 Å². The van der Waals surface area contributed by atoms with Crippen molar-refractivity contribution in [3.8, 4) is 6.07 Å². The summed E-state index contributed by atoms with van der Waals surface area (Å²) in [5, 5.41) is 17.3. The van der Waals surface area contributed by atoms with E-state index in [1.807, 2.05) is 54.8 Å².